The summed E-state index contributed by atoms with van der Waals surface area (Å²) < 4.78 is 6.01. The first-order valence-corrected chi connectivity index (χ1v) is 11.2. The summed E-state index contributed by atoms with van der Waals surface area (Å²) in [6.07, 6.45) is 3.56. The van der Waals surface area contributed by atoms with Crippen LogP contribution in [0.15, 0.2) is 79.0 Å². The Morgan fingerprint density at radius 2 is 1.81 bits per heavy atom. The molecule has 32 heavy (non-hydrogen) atoms. The minimum atomic E-state index is -0.607. The molecule has 1 aromatic heterocycles. The van der Waals surface area contributed by atoms with Gasteiger partial charge in [0, 0.05) is 33.4 Å². The third kappa shape index (κ3) is 5.00. The van der Waals surface area contributed by atoms with Gasteiger partial charge in [0.25, 0.3) is 0 Å². The first-order valence-electron chi connectivity index (χ1n) is 11.2. The van der Waals surface area contributed by atoms with Crippen LogP contribution in [-0.4, -0.2) is 47.9 Å². The lowest BCUT2D eigenvalue weighted by molar-refractivity contribution is -0.137. The molecule has 0 aliphatic carbocycles. The molecule has 1 fully saturated rings. The largest absolute Gasteiger partial charge is 0.489 e. The zero-order valence-corrected chi connectivity index (χ0v) is 18.9. The van der Waals surface area contributed by atoms with Crippen LogP contribution in [0.5, 0.6) is 5.75 Å². The van der Waals surface area contributed by atoms with Crippen LogP contribution in [-0.2, 0) is 23.4 Å². The Balaban J connectivity index is 1.49. The van der Waals surface area contributed by atoms with Gasteiger partial charge < -0.3 is 9.64 Å². The van der Waals surface area contributed by atoms with Crippen molar-refractivity contribution >= 4 is 5.91 Å². The summed E-state index contributed by atoms with van der Waals surface area (Å²) in [6.45, 7) is 2.95. The van der Waals surface area contributed by atoms with Crippen molar-refractivity contribution in [3.63, 3.8) is 0 Å². The molecule has 5 heteroatoms. The Labute approximate surface area is 190 Å². The molecule has 3 aromatic rings. The van der Waals surface area contributed by atoms with E-state index in [9.17, 15) is 4.79 Å². The van der Waals surface area contributed by atoms with Crippen LogP contribution in [0.3, 0.4) is 0 Å². The molecule has 4 rings (SSSR count). The lowest BCUT2D eigenvalue weighted by atomic mass is 9.75. The summed E-state index contributed by atoms with van der Waals surface area (Å²) in [5.41, 5.74) is 2.59. The number of benzene rings is 2. The molecule has 5 nitrogen and oxygen atoms in total. The van der Waals surface area contributed by atoms with Crippen LogP contribution in [0.25, 0.3) is 0 Å². The van der Waals surface area contributed by atoms with E-state index in [2.05, 4.69) is 34.1 Å². The van der Waals surface area contributed by atoms with E-state index >= 15 is 0 Å². The van der Waals surface area contributed by atoms with E-state index in [1.807, 2.05) is 62.6 Å². The molecule has 1 saturated heterocycles. The molecule has 0 spiro atoms. The number of piperidine rings is 1. The average molecular weight is 430 g/mol. The van der Waals surface area contributed by atoms with Gasteiger partial charge in [0.15, 0.2) is 0 Å². The molecule has 1 aliphatic heterocycles. The molecule has 1 aliphatic rings. The molecule has 2 aromatic carbocycles. The summed E-state index contributed by atoms with van der Waals surface area (Å²) in [5, 5.41) is 0. The molecule has 0 N–H and O–H groups in total. The number of likely N-dealkylation sites (N-methyl/N-ethyl adjacent to an activating group) is 1. The van der Waals surface area contributed by atoms with Gasteiger partial charge in [-0.15, -0.1) is 0 Å². The van der Waals surface area contributed by atoms with Crippen LogP contribution < -0.4 is 4.74 Å². The fraction of sp³-hybridized carbons (Fsp3) is 0.333. The van der Waals surface area contributed by atoms with Gasteiger partial charge in [0.2, 0.25) is 5.91 Å². The number of pyridine rings is 1. The van der Waals surface area contributed by atoms with Gasteiger partial charge in [0.05, 0.1) is 5.69 Å². The predicted molar refractivity (Wildman–Crippen MR) is 126 cm³/mol. The van der Waals surface area contributed by atoms with Crippen LogP contribution >= 0.6 is 0 Å². The highest BCUT2D eigenvalue weighted by atomic mass is 16.5. The number of hydrogen-bond donors (Lipinski definition) is 0. The molecular formula is C27H31N3O2. The molecule has 1 amide bonds. The van der Waals surface area contributed by atoms with Crippen molar-refractivity contribution in [3.05, 3.63) is 95.8 Å². The lowest BCUT2D eigenvalue weighted by Crippen LogP contribution is -2.54. The summed E-state index contributed by atoms with van der Waals surface area (Å²) in [7, 11) is 3.67. The van der Waals surface area contributed by atoms with Crippen molar-refractivity contribution in [2.24, 2.45) is 0 Å². The maximum absolute atomic E-state index is 13.3. The highest BCUT2D eigenvalue weighted by Crippen LogP contribution is 2.35. The minimum Gasteiger partial charge on any atom is -0.489 e. The number of nitrogens with zero attached hydrogens (tertiary/aromatic N) is 3. The van der Waals surface area contributed by atoms with Crippen molar-refractivity contribution in [2.45, 2.75) is 31.4 Å². The van der Waals surface area contributed by atoms with Gasteiger partial charge in [-0.3, -0.25) is 14.7 Å². The van der Waals surface area contributed by atoms with Crippen molar-refractivity contribution in [3.8, 4) is 5.75 Å². The number of amides is 1. The molecule has 0 saturated carbocycles. The monoisotopic (exact) mass is 429 g/mol. The van der Waals surface area contributed by atoms with Gasteiger partial charge >= 0.3 is 0 Å². The van der Waals surface area contributed by atoms with E-state index in [4.69, 9.17) is 4.74 Å². The highest BCUT2D eigenvalue weighted by Gasteiger charge is 2.45. The topological polar surface area (TPSA) is 45.7 Å². The van der Waals surface area contributed by atoms with Crippen molar-refractivity contribution in [2.75, 3.05) is 27.2 Å². The Morgan fingerprint density at radius 1 is 1.03 bits per heavy atom. The standard InChI is InChI=1S/C27H31N3O2/c1-29(2)26(31)27(25-14-6-7-16-28-25)15-9-17-30(21-27)19-23-12-8-13-24(18-23)32-20-22-10-4-3-5-11-22/h3-8,10-14,16,18H,9,15,17,19-21H2,1-2H3/t27-/m0/s1. The zero-order chi connectivity index (χ0) is 22.4. The van der Waals surface area contributed by atoms with E-state index in [0.29, 0.717) is 13.2 Å². The van der Waals surface area contributed by atoms with Gasteiger partial charge in [0.1, 0.15) is 17.8 Å². The summed E-state index contributed by atoms with van der Waals surface area (Å²) in [6, 6.07) is 24.3. The van der Waals surface area contributed by atoms with E-state index in [1.165, 1.54) is 5.56 Å². The van der Waals surface area contributed by atoms with Crippen molar-refractivity contribution in [1.82, 2.24) is 14.8 Å². The number of aromatic nitrogens is 1. The van der Waals surface area contributed by atoms with Gasteiger partial charge in [-0.05, 0) is 54.8 Å². The third-order valence-electron chi connectivity index (χ3n) is 6.10. The van der Waals surface area contributed by atoms with Crippen LogP contribution in [0, 0.1) is 0 Å². The van der Waals surface area contributed by atoms with Crippen LogP contribution in [0.4, 0.5) is 0 Å². The van der Waals surface area contributed by atoms with E-state index < -0.39 is 5.41 Å². The highest BCUT2D eigenvalue weighted by molar-refractivity contribution is 5.88. The Hall–Kier alpha value is -3.18. The van der Waals surface area contributed by atoms with Crippen LogP contribution in [0.1, 0.15) is 29.7 Å². The quantitative estimate of drug-likeness (QED) is 0.562. The maximum Gasteiger partial charge on any atom is 0.235 e. The molecule has 0 bridgehead atoms. The number of likely N-dealkylation sites (tertiary alicyclic amines) is 1. The molecule has 2 heterocycles. The smallest absolute Gasteiger partial charge is 0.235 e. The maximum atomic E-state index is 13.3. The number of carbonyl (C=O) groups is 1. The van der Waals surface area contributed by atoms with Crippen molar-refractivity contribution in [1.29, 1.82) is 0 Å². The SMILES string of the molecule is CN(C)C(=O)[C@@]1(c2ccccn2)CCCN(Cc2cccc(OCc3ccccc3)c2)C1. The molecule has 0 radical (unpaired) electrons. The lowest BCUT2D eigenvalue weighted by Gasteiger charge is -2.42. The molecular weight excluding hydrogens is 398 g/mol. The number of carbonyl (C=O) groups excluding carboxylic acids is 1. The molecule has 1 atom stereocenters. The van der Waals surface area contributed by atoms with E-state index in [-0.39, 0.29) is 5.91 Å². The second-order valence-corrected chi connectivity index (χ2v) is 8.73. The molecule has 166 valence electrons. The summed E-state index contributed by atoms with van der Waals surface area (Å²) in [5.74, 6) is 0.990. The summed E-state index contributed by atoms with van der Waals surface area (Å²) >= 11 is 0. The molecule has 0 unspecified atom stereocenters. The van der Waals surface area contributed by atoms with E-state index in [1.54, 1.807) is 11.1 Å². The van der Waals surface area contributed by atoms with Gasteiger partial charge in [-0.1, -0.05) is 48.5 Å². The second-order valence-electron chi connectivity index (χ2n) is 8.73. The second kappa shape index (κ2) is 9.96. The first kappa shape index (κ1) is 22.0. The first-order chi connectivity index (χ1) is 15.6. The zero-order valence-electron chi connectivity index (χ0n) is 18.9. The van der Waals surface area contributed by atoms with Gasteiger partial charge in [-0.2, -0.15) is 0 Å². The Morgan fingerprint density at radius 3 is 2.56 bits per heavy atom. The van der Waals surface area contributed by atoms with Crippen molar-refractivity contribution < 1.29 is 9.53 Å². The number of hydrogen-bond acceptors (Lipinski definition) is 4. The Bertz CT molecular complexity index is 1020. The van der Waals surface area contributed by atoms with E-state index in [0.717, 1.165) is 42.9 Å². The fourth-order valence-corrected chi connectivity index (χ4v) is 4.58. The predicted octanol–water partition coefficient (Wildman–Crippen LogP) is 4.28. The fourth-order valence-electron chi connectivity index (χ4n) is 4.58. The number of rotatable bonds is 7. The summed E-state index contributed by atoms with van der Waals surface area (Å²) in [4.78, 5) is 22.0. The third-order valence-corrected chi connectivity index (χ3v) is 6.10. The van der Waals surface area contributed by atoms with Gasteiger partial charge in [-0.25, -0.2) is 0 Å². The average Bonchev–Trinajstić information content (AvgIpc) is 2.84. The normalized spacial score (nSPS) is 18.8. The van der Waals surface area contributed by atoms with Crippen LogP contribution in [0.2, 0.25) is 0 Å². The minimum absolute atomic E-state index is 0.126. The number of ether oxygens (including phenoxy) is 1. The Kier molecular flexibility index (Phi) is 6.86.